The minimum atomic E-state index is 0.806. The van der Waals surface area contributed by atoms with Gasteiger partial charge < -0.3 is 9.47 Å². The number of fused-ring (bicyclic) bond motifs is 1. The predicted octanol–water partition coefficient (Wildman–Crippen LogP) is 3.02. The highest BCUT2D eigenvalue weighted by Crippen LogP contribution is 2.24. The van der Waals surface area contributed by atoms with E-state index in [9.17, 15) is 0 Å². The second-order valence-corrected chi connectivity index (χ2v) is 4.17. The van der Waals surface area contributed by atoms with Gasteiger partial charge in [0.05, 0.1) is 32.1 Å². The van der Waals surface area contributed by atoms with Crippen LogP contribution >= 0.6 is 0 Å². The van der Waals surface area contributed by atoms with Gasteiger partial charge in [0.2, 0.25) is 0 Å². The zero-order valence-corrected chi connectivity index (χ0v) is 10.8. The maximum Gasteiger partial charge on any atom is 0.144 e. The molecule has 4 nitrogen and oxygen atoms in total. The number of pyridine rings is 1. The maximum atomic E-state index is 5.25. The molecule has 0 unspecified atom stereocenters. The first kappa shape index (κ1) is 11.6. The van der Waals surface area contributed by atoms with E-state index in [1.807, 2.05) is 53.2 Å². The van der Waals surface area contributed by atoms with Crippen LogP contribution in [0, 0.1) is 0 Å². The molecule has 3 rings (SSSR count). The molecule has 0 saturated heterocycles. The van der Waals surface area contributed by atoms with Crippen molar-refractivity contribution in [2.75, 3.05) is 14.2 Å². The zero-order valence-electron chi connectivity index (χ0n) is 10.8. The number of nitrogens with zero attached hydrogens (tertiary/aromatic N) is 2. The molecular weight excluding hydrogens is 240 g/mol. The first-order chi connectivity index (χ1) is 9.31. The van der Waals surface area contributed by atoms with Crippen molar-refractivity contribution >= 4 is 5.52 Å². The van der Waals surface area contributed by atoms with Crippen LogP contribution in [0.2, 0.25) is 0 Å². The molecule has 0 saturated carbocycles. The Balaban J connectivity index is 2.12. The lowest BCUT2D eigenvalue weighted by Crippen LogP contribution is -1.92. The van der Waals surface area contributed by atoms with Crippen LogP contribution in [-0.2, 0) is 0 Å². The van der Waals surface area contributed by atoms with E-state index in [0.717, 1.165) is 28.4 Å². The highest BCUT2D eigenvalue weighted by molar-refractivity contribution is 5.63. The van der Waals surface area contributed by atoms with Crippen LogP contribution in [0.4, 0.5) is 0 Å². The van der Waals surface area contributed by atoms with Crippen LogP contribution in [0.3, 0.4) is 0 Å². The lowest BCUT2D eigenvalue weighted by atomic mass is 10.2. The van der Waals surface area contributed by atoms with Crippen molar-refractivity contribution in [1.82, 2.24) is 9.38 Å². The minimum absolute atomic E-state index is 0.806. The number of ether oxygens (including phenoxy) is 2. The number of hydrogen-bond acceptors (Lipinski definition) is 3. The molecular formula is C15H14N2O2. The van der Waals surface area contributed by atoms with E-state index in [4.69, 9.17) is 9.47 Å². The van der Waals surface area contributed by atoms with Crippen molar-refractivity contribution < 1.29 is 9.47 Å². The van der Waals surface area contributed by atoms with Gasteiger partial charge in [-0.15, -0.1) is 0 Å². The molecule has 2 heterocycles. The van der Waals surface area contributed by atoms with Crippen LogP contribution in [0.25, 0.3) is 16.9 Å². The van der Waals surface area contributed by atoms with Crippen LogP contribution < -0.4 is 9.47 Å². The summed E-state index contributed by atoms with van der Waals surface area (Å²) in [4.78, 5) is 4.46. The third-order valence-electron chi connectivity index (χ3n) is 3.08. The first-order valence-electron chi connectivity index (χ1n) is 5.97. The monoisotopic (exact) mass is 254 g/mol. The molecule has 0 aliphatic rings. The first-order valence-corrected chi connectivity index (χ1v) is 5.97. The summed E-state index contributed by atoms with van der Waals surface area (Å²) < 4.78 is 12.4. The topological polar surface area (TPSA) is 35.8 Å². The molecule has 1 aromatic carbocycles. The molecule has 0 aliphatic heterocycles. The predicted molar refractivity (Wildman–Crippen MR) is 73.7 cm³/mol. The van der Waals surface area contributed by atoms with E-state index in [1.54, 1.807) is 14.2 Å². The van der Waals surface area contributed by atoms with E-state index in [-0.39, 0.29) is 0 Å². The van der Waals surface area contributed by atoms with Gasteiger partial charge in [-0.2, -0.15) is 0 Å². The summed E-state index contributed by atoms with van der Waals surface area (Å²) in [6.45, 7) is 0. The molecule has 0 bridgehead atoms. The van der Waals surface area contributed by atoms with Crippen molar-refractivity contribution in [2.45, 2.75) is 0 Å². The smallest absolute Gasteiger partial charge is 0.144 e. The molecule has 0 amide bonds. The number of rotatable bonds is 3. The number of benzene rings is 1. The Morgan fingerprint density at radius 2 is 1.58 bits per heavy atom. The summed E-state index contributed by atoms with van der Waals surface area (Å²) >= 11 is 0. The quantitative estimate of drug-likeness (QED) is 0.720. The SMILES string of the molecule is COc1ccc(-c2ncc3ccc(OC)cn23)cc1. The Morgan fingerprint density at radius 1 is 0.895 bits per heavy atom. The Kier molecular flexibility index (Phi) is 2.83. The zero-order chi connectivity index (χ0) is 13.2. The lowest BCUT2D eigenvalue weighted by molar-refractivity contribution is 0.412. The number of aromatic nitrogens is 2. The average Bonchev–Trinajstić information content (AvgIpc) is 2.90. The van der Waals surface area contributed by atoms with Gasteiger partial charge in [0.15, 0.2) is 0 Å². The molecule has 3 aromatic rings. The number of imidazole rings is 1. The average molecular weight is 254 g/mol. The number of methoxy groups -OCH3 is 2. The van der Waals surface area contributed by atoms with Crippen molar-refractivity contribution in [3.8, 4) is 22.9 Å². The van der Waals surface area contributed by atoms with Gasteiger partial charge >= 0.3 is 0 Å². The van der Waals surface area contributed by atoms with Gasteiger partial charge in [-0.3, -0.25) is 4.40 Å². The normalized spacial score (nSPS) is 10.6. The molecule has 4 heteroatoms. The van der Waals surface area contributed by atoms with Gasteiger partial charge in [-0.05, 0) is 36.4 Å². The maximum absolute atomic E-state index is 5.25. The summed E-state index contributed by atoms with van der Waals surface area (Å²) in [5.74, 6) is 2.53. The molecule has 0 radical (unpaired) electrons. The second kappa shape index (κ2) is 4.65. The third-order valence-corrected chi connectivity index (χ3v) is 3.08. The van der Waals surface area contributed by atoms with Gasteiger partial charge in [0, 0.05) is 5.56 Å². The molecule has 19 heavy (non-hydrogen) atoms. The van der Waals surface area contributed by atoms with E-state index >= 15 is 0 Å². The summed E-state index contributed by atoms with van der Waals surface area (Å²) in [5, 5.41) is 0. The second-order valence-electron chi connectivity index (χ2n) is 4.17. The van der Waals surface area contributed by atoms with Crippen LogP contribution in [-0.4, -0.2) is 23.6 Å². The number of hydrogen-bond donors (Lipinski definition) is 0. The van der Waals surface area contributed by atoms with E-state index in [1.165, 1.54) is 0 Å². The molecule has 0 aliphatic carbocycles. The molecule has 2 aromatic heterocycles. The van der Waals surface area contributed by atoms with Crippen LogP contribution in [0.5, 0.6) is 11.5 Å². The van der Waals surface area contributed by atoms with E-state index in [0.29, 0.717) is 0 Å². The van der Waals surface area contributed by atoms with Gasteiger partial charge in [0.25, 0.3) is 0 Å². The molecule has 0 fully saturated rings. The molecule has 96 valence electrons. The molecule has 0 spiro atoms. The fourth-order valence-corrected chi connectivity index (χ4v) is 2.05. The van der Waals surface area contributed by atoms with Crippen molar-refractivity contribution in [3.63, 3.8) is 0 Å². The highest BCUT2D eigenvalue weighted by Gasteiger charge is 2.07. The molecule has 0 atom stereocenters. The van der Waals surface area contributed by atoms with Gasteiger partial charge in [-0.1, -0.05) is 0 Å². The third kappa shape index (κ3) is 2.01. The minimum Gasteiger partial charge on any atom is -0.497 e. The standard InChI is InChI=1S/C15H14N2O2/c1-18-13-6-3-11(4-7-13)15-16-9-12-5-8-14(19-2)10-17(12)15/h3-10H,1-2H3. The van der Waals surface area contributed by atoms with E-state index in [2.05, 4.69) is 4.98 Å². The summed E-state index contributed by atoms with van der Waals surface area (Å²) in [6, 6.07) is 11.8. The highest BCUT2D eigenvalue weighted by atomic mass is 16.5. The Hall–Kier alpha value is -2.49. The Bertz CT molecular complexity index is 702. The Morgan fingerprint density at radius 3 is 2.26 bits per heavy atom. The van der Waals surface area contributed by atoms with Crippen molar-refractivity contribution in [2.24, 2.45) is 0 Å². The van der Waals surface area contributed by atoms with Crippen molar-refractivity contribution in [1.29, 1.82) is 0 Å². The van der Waals surface area contributed by atoms with Crippen LogP contribution in [0.15, 0.2) is 48.8 Å². The van der Waals surface area contributed by atoms with Gasteiger partial charge in [0.1, 0.15) is 17.3 Å². The lowest BCUT2D eigenvalue weighted by Gasteiger charge is -2.05. The Labute approximate surface area is 111 Å². The van der Waals surface area contributed by atoms with Gasteiger partial charge in [-0.25, -0.2) is 4.98 Å². The van der Waals surface area contributed by atoms with E-state index < -0.39 is 0 Å². The molecule has 0 N–H and O–H groups in total. The fraction of sp³-hybridized carbons (Fsp3) is 0.133. The summed E-state index contributed by atoms with van der Waals surface area (Å²) in [6.07, 6.45) is 3.78. The van der Waals surface area contributed by atoms with Crippen LogP contribution in [0.1, 0.15) is 0 Å². The largest absolute Gasteiger partial charge is 0.497 e. The summed E-state index contributed by atoms with van der Waals surface area (Å²) in [5.41, 5.74) is 2.07. The summed E-state index contributed by atoms with van der Waals surface area (Å²) in [7, 11) is 3.32. The fourth-order valence-electron chi connectivity index (χ4n) is 2.05. The van der Waals surface area contributed by atoms with Crippen molar-refractivity contribution in [3.05, 3.63) is 48.8 Å².